The molecule has 3 N–H and O–H groups in total. The van der Waals surface area contributed by atoms with Gasteiger partial charge in [0.2, 0.25) is 11.6 Å². The van der Waals surface area contributed by atoms with Gasteiger partial charge in [0.15, 0.2) is 5.16 Å². The number of aliphatic hydroxyl groups excluding tert-OH is 1. The zero-order valence-electron chi connectivity index (χ0n) is 16.4. The van der Waals surface area contributed by atoms with Gasteiger partial charge in [0.1, 0.15) is 5.01 Å². The molecule has 2 atom stereocenters. The smallest absolute Gasteiger partial charge is 0.353 e. The van der Waals surface area contributed by atoms with E-state index in [2.05, 4.69) is 25.6 Å². The molecule has 0 aliphatic heterocycles. The van der Waals surface area contributed by atoms with Crippen LogP contribution in [0.5, 0.6) is 0 Å². The normalized spacial score (nSPS) is 19.0. The van der Waals surface area contributed by atoms with Gasteiger partial charge in [-0.3, -0.25) is 10.1 Å². The molecular formula is C19H22N6O3S2. The third kappa shape index (κ3) is 4.47. The van der Waals surface area contributed by atoms with Crippen molar-refractivity contribution >= 4 is 50.6 Å². The van der Waals surface area contributed by atoms with Gasteiger partial charge in [-0.25, -0.2) is 4.98 Å². The van der Waals surface area contributed by atoms with E-state index in [1.54, 1.807) is 0 Å². The number of aromatic nitrogens is 3. The number of hydrogen-bond acceptors (Lipinski definition) is 10. The summed E-state index contributed by atoms with van der Waals surface area (Å²) in [6.07, 6.45) is 4.60. The molecule has 3 aromatic rings. The van der Waals surface area contributed by atoms with E-state index in [-0.39, 0.29) is 23.4 Å². The summed E-state index contributed by atoms with van der Waals surface area (Å²) in [5, 5.41) is 29.6. The van der Waals surface area contributed by atoms with Crippen LogP contribution in [0.4, 0.5) is 17.3 Å². The summed E-state index contributed by atoms with van der Waals surface area (Å²) < 4.78 is 1.06. The van der Waals surface area contributed by atoms with E-state index in [1.165, 1.54) is 23.1 Å². The highest BCUT2D eigenvalue weighted by Gasteiger charge is 2.30. The molecule has 11 heteroatoms. The number of nitrogens with one attached hydrogen (secondary N) is 2. The summed E-state index contributed by atoms with van der Waals surface area (Å²) in [5.74, 6) is 0.281. The van der Waals surface area contributed by atoms with Gasteiger partial charge in [-0.1, -0.05) is 36.7 Å². The van der Waals surface area contributed by atoms with Crippen LogP contribution in [0.25, 0.3) is 10.2 Å². The summed E-state index contributed by atoms with van der Waals surface area (Å²) in [6, 6.07) is 7.55. The first-order valence-corrected chi connectivity index (χ1v) is 11.7. The van der Waals surface area contributed by atoms with E-state index in [0.29, 0.717) is 18.1 Å². The Kier molecular flexibility index (Phi) is 6.30. The summed E-state index contributed by atoms with van der Waals surface area (Å²) >= 11 is 2.84. The number of benzene rings is 1. The second kappa shape index (κ2) is 9.11. The molecule has 158 valence electrons. The number of nitrogens with zero attached hydrogens (tertiary/aromatic N) is 4. The molecule has 1 aliphatic rings. The summed E-state index contributed by atoms with van der Waals surface area (Å²) in [7, 11) is 0. The Morgan fingerprint density at radius 2 is 2.00 bits per heavy atom. The number of anilines is 2. The van der Waals surface area contributed by atoms with Gasteiger partial charge in [0, 0.05) is 0 Å². The second-order valence-electron chi connectivity index (χ2n) is 7.04. The number of thiazole rings is 1. The van der Waals surface area contributed by atoms with Gasteiger partial charge in [-0.2, -0.15) is 9.97 Å². The largest absolute Gasteiger partial charge is 0.391 e. The predicted octanol–water partition coefficient (Wildman–Crippen LogP) is 4.04. The van der Waals surface area contributed by atoms with Crippen LogP contribution in [0, 0.1) is 10.1 Å². The molecule has 0 bridgehead atoms. The fourth-order valence-corrected chi connectivity index (χ4v) is 4.80. The fourth-order valence-electron chi connectivity index (χ4n) is 3.53. The number of rotatable bonds is 7. The molecule has 30 heavy (non-hydrogen) atoms. The lowest BCUT2D eigenvalue weighted by Gasteiger charge is -2.28. The van der Waals surface area contributed by atoms with E-state index in [1.807, 2.05) is 30.5 Å². The summed E-state index contributed by atoms with van der Waals surface area (Å²) in [4.78, 5) is 24.6. The monoisotopic (exact) mass is 446 g/mol. The van der Waals surface area contributed by atoms with Crippen molar-refractivity contribution in [3.05, 3.63) is 39.4 Å². The first-order valence-electron chi connectivity index (χ1n) is 9.68. The lowest BCUT2D eigenvalue weighted by atomic mass is 9.92. The van der Waals surface area contributed by atoms with Crippen LogP contribution in [0.15, 0.2) is 29.4 Å². The Morgan fingerprint density at radius 3 is 2.73 bits per heavy atom. The Balaban J connectivity index is 1.62. The molecule has 2 heterocycles. The van der Waals surface area contributed by atoms with Crippen molar-refractivity contribution < 1.29 is 10.0 Å². The quantitative estimate of drug-likeness (QED) is 0.213. The van der Waals surface area contributed by atoms with Crippen LogP contribution in [-0.4, -0.2) is 43.4 Å². The van der Waals surface area contributed by atoms with Gasteiger partial charge in [0.25, 0.3) is 0 Å². The second-order valence-corrected chi connectivity index (χ2v) is 8.93. The fraction of sp³-hybridized carbons (Fsp3) is 0.421. The van der Waals surface area contributed by atoms with Crippen molar-refractivity contribution in [2.75, 3.05) is 16.9 Å². The maximum Gasteiger partial charge on any atom is 0.353 e. The average Bonchev–Trinajstić information content (AvgIpc) is 3.16. The van der Waals surface area contributed by atoms with Gasteiger partial charge >= 0.3 is 5.69 Å². The van der Waals surface area contributed by atoms with Gasteiger partial charge in [0.05, 0.1) is 33.8 Å². The average molecular weight is 447 g/mol. The molecule has 1 aromatic carbocycles. The van der Waals surface area contributed by atoms with Crippen molar-refractivity contribution in [1.82, 2.24) is 15.0 Å². The summed E-state index contributed by atoms with van der Waals surface area (Å²) in [5.41, 5.74) is 0.682. The third-order valence-corrected chi connectivity index (χ3v) is 6.61. The van der Waals surface area contributed by atoms with E-state index in [9.17, 15) is 15.2 Å². The number of thioether (sulfide) groups is 1. The standard InChI is InChI=1S/C19H22N6O3S2/c1-29-19-23-17(20-10-15-21-12-7-3-5-9-14(12)30-15)16(25(27)28)18(24-19)22-11-6-2-4-8-13(11)26/h3,5,7,9,11,13,26H,2,4,6,8,10H2,1H3,(H2,20,22,23,24)/t11-,13+/m1/s1. The molecule has 0 amide bonds. The van der Waals surface area contributed by atoms with Crippen molar-refractivity contribution in [3.63, 3.8) is 0 Å². The molecule has 2 aromatic heterocycles. The van der Waals surface area contributed by atoms with Crippen LogP contribution in [0.3, 0.4) is 0 Å². The number of hydrogen-bond donors (Lipinski definition) is 3. The lowest BCUT2D eigenvalue weighted by Crippen LogP contribution is -2.36. The number of fused-ring (bicyclic) bond motifs is 1. The zero-order valence-corrected chi connectivity index (χ0v) is 18.0. The first-order chi connectivity index (χ1) is 14.5. The topological polar surface area (TPSA) is 126 Å². The maximum atomic E-state index is 11.9. The highest BCUT2D eigenvalue weighted by atomic mass is 32.2. The zero-order chi connectivity index (χ0) is 21.1. The van der Waals surface area contributed by atoms with E-state index in [4.69, 9.17) is 0 Å². The van der Waals surface area contributed by atoms with E-state index < -0.39 is 11.0 Å². The molecule has 0 saturated heterocycles. The lowest BCUT2D eigenvalue weighted by molar-refractivity contribution is -0.383. The van der Waals surface area contributed by atoms with Crippen LogP contribution in [0.1, 0.15) is 30.7 Å². The van der Waals surface area contributed by atoms with Gasteiger partial charge < -0.3 is 15.7 Å². The molecule has 1 aliphatic carbocycles. The van der Waals surface area contributed by atoms with Crippen molar-refractivity contribution in [1.29, 1.82) is 0 Å². The number of aliphatic hydroxyl groups is 1. The third-order valence-electron chi connectivity index (χ3n) is 5.03. The summed E-state index contributed by atoms with van der Waals surface area (Å²) in [6.45, 7) is 0.316. The molecular weight excluding hydrogens is 424 g/mol. The highest BCUT2D eigenvalue weighted by Crippen LogP contribution is 2.34. The van der Waals surface area contributed by atoms with Crippen molar-refractivity contribution in [2.24, 2.45) is 0 Å². The predicted molar refractivity (Wildman–Crippen MR) is 119 cm³/mol. The maximum absolute atomic E-state index is 11.9. The van der Waals surface area contributed by atoms with Crippen LogP contribution in [-0.2, 0) is 6.54 Å². The Bertz CT molecular complexity index is 1030. The molecule has 1 fully saturated rings. The minimum absolute atomic E-state index is 0.136. The van der Waals surface area contributed by atoms with Crippen molar-refractivity contribution in [3.8, 4) is 0 Å². The van der Waals surface area contributed by atoms with Gasteiger partial charge in [-0.05, 0) is 31.2 Å². The molecule has 0 spiro atoms. The number of nitro groups is 1. The number of para-hydroxylation sites is 1. The molecule has 4 rings (SSSR count). The van der Waals surface area contributed by atoms with Crippen LogP contribution >= 0.6 is 23.1 Å². The molecule has 9 nitrogen and oxygen atoms in total. The minimum Gasteiger partial charge on any atom is -0.391 e. The minimum atomic E-state index is -0.551. The molecule has 0 radical (unpaired) electrons. The van der Waals surface area contributed by atoms with Gasteiger partial charge in [-0.15, -0.1) is 11.3 Å². The Hall–Kier alpha value is -2.50. The first kappa shape index (κ1) is 20.8. The van der Waals surface area contributed by atoms with Crippen LogP contribution in [0.2, 0.25) is 0 Å². The van der Waals surface area contributed by atoms with Crippen molar-refractivity contribution in [2.45, 2.75) is 49.5 Å². The molecule has 1 saturated carbocycles. The Labute approximate surface area is 181 Å². The molecule has 0 unspecified atom stereocenters. The SMILES string of the molecule is CSc1nc(NCc2nc3ccccc3s2)c([N+](=O)[O-])c(N[C@@H]2CCCC[C@@H]2O)n1. The van der Waals surface area contributed by atoms with E-state index in [0.717, 1.165) is 34.5 Å². The highest BCUT2D eigenvalue weighted by molar-refractivity contribution is 7.98. The van der Waals surface area contributed by atoms with E-state index >= 15 is 0 Å². The van der Waals surface area contributed by atoms with Crippen LogP contribution < -0.4 is 10.6 Å². The Morgan fingerprint density at radius 1 is 1.23 bits per heavy atom.